The van der Waals surface area contributed by atoms with Crippen molar-refractivity contribution in [1.29, 1.82) is 0 Å². The molecule has 2 amide bonds. The van der Waals surface area contributed by atoms with Crippen molar-refractivity contribution in [3.8, 4) is 0 Å². The largest absolute Gasteiger partial charge is 0.416 e. The molecule has 0 unspecified atom stereocenters. The van der Waals surface area contributed by atoms with E-state index in [1.807, 2.05) is 6.92 Å². The third-order valence-electron chi connectivity index (χ3n) is 4.42. The Morgan fingerprint density at radius 2 is 1.97 bits per heavy atom. The monoisotopic (exact) mass is 455 g/mol. The number of carbonyl (C=O) groups excluding carboxylic acids is 2. The molecule has 0 radical (unpaired) electrons. The number of benzene rings is 2. The number of nitrogens with one attached hydrogen (secondary N) is 1. The van der Waals surface area contributed by atoms with Crippen LogP contribution >= 0.6 is 23.4 Å². The summed E-state index contributed by atoms with van der Waals surface area (Å²) in [4.78, 5) is 30.3. The minimum atomic E-state index is -4.47. The van der Waals surface area contributed by atoms with E-state index in [0.29, 0.717) is 10.7 Å². The standard InChI is InChI=1S/C20H17ClF3N3O2S/c1-11-6-7-14(9-15(11)21)27-17(28)10-16(18(27)29)30-19(25-2)26-13-5-3-4-12(8-13)20(22,23)24/h3-9,16H,10H2,1-2H3,(H,25,26)/t16-/m1/s1. The number of hydrogen-bond acceptors (Lipinski definition) is 4. The van der Waals surface area contributed by atoms with Gasteiger partial charge in [0.25, 0.3) is 0 Å². The molecule has 30 heavy (non-hydrogen) atoms. The van der Waals surface area contributed by atoms with Crippen LogP contribution in [0.3, 0.4) is 0 Å². The van der Waals surface area contributed by atoms with Gasteiger partial charge in [0.2, 0.25) is 11.8 Å². The third-order valence-corrected chi connectivity index (χ3v) is 5.98. The maximum absolute atomic E-state index is 12.9. The predicted molar refractivity (Wildman–Crippen MR) is 113 cm³/mol. The van der Waals surface area contributed by atoms with Crippen molar-refractivity contribution in [1.82, 2.24) is 0 Å². The fourth-order valence-corrected chi connectivity index (χ4v) is 4.02. The van der Waals surface area contributed by atoms with Crippen LogP contribution in [0.25, 0.3) is 0 Å². The SMILES string of the molecule is CN=C(Nc1cccc(C(F)(F)F)c1)S[C@@H]1CC(=O)N(c2ccc(C)c(Cl)c2)C1=O. The minimum Gasteiger partial charge on any atom is -0.335 e. The van der Waals surface area contributed by atoms with Crippen molar-refractivity contribution in [2.75, 3.05) is 17.3 Å². The van der Waals surface area contributed by atoms with Crippen molar-refractivity contribution in [3.63, 3.8) is 0 Å². The Bertz CT molecular complexity index is 1030. The molecule has 2 aromatic carbocycles. The smallest absolute Gasteiger partial charge is 0.335 e. The van der Waals surface area contributed by atoms with Crippen LogP contribution in [0.1, 0.15) is 17.5 Å². The number of amidine groups is 1. The van der Waals surface area contributed by atoms with Gasteiger partial charge >= 0.3 is 6.18 Å². The summed E-state index contributed by atoms with van der Waals surface area (Å²) in [5.41, 5.74) is 0.569. The molecule has 1 N–H and O–H groups in total. The van der Waals surface area contributed by atoms with Crippen molar-refractivity contribution >= 4 is 51.7 Å². The van der Waals surface area contributed by atoms with E-state index >= 15 is 0 Å². The quantitative estimate of drug-likeness (QED) is 0.396. The zero-order valence-corrected chi connectivity index (χ0v) is 17.5. The number of carbonyl (C=O) groups is 2. The molecule has 1 fully saturated rings. The molecule has 10 heteroatoms. The summed E-state index contributed by atoms with van der Waals surface area (Å²) in [5, 5.41) is 2.69. The molecule has 158 valence electrons. The number of thioether (sulfide) groups is 1. The number of aryl methyl sites for hydroxylation is 1. The van der Waals surface area contributed by atoms with Crippen LogP contribution in [-0.4, -0.2) is 29.3 Å². The second-order valence-electron chi connectivity index (χ2n) is 6.54. The van der Waals surface area contributed by atoms with Crippen LogP contribution < -0.4 is 10.2 Å². The summed E-state index contributed by atoms with van der Waals surface area (Å²) in [7, 11) is 1.45. The Morgan fingerprint density at radius 1 is 1.23 bits per heavy atom. The first kappa shape index (κ1) is 22.2. The van der Waals surface area contributed by atoms with Gasteiger partial charge in [-0.05, 0) is 42.8 Å². The summed E-state index contributed by atoms with van der Waals surface area (Å²) < 4.78 is 38.7. The number of alkyl halides is 3. The fraction of sp³-hybridized carbons (Fsp3) is 0.250. The number of nitrogens with zero attached hydrogens (tertiary/aromatic N) is 2. The Balaban J connectivity index is 1.74. The first-order chi connectivity index (χ1) is 14.1. The summed E-state index contributed by atoms with van der Waals surface area (Å²) in [5.74, 6) is -0.816. The van der Waals surface area contributed by atoms with Gasteiger partial charge in [0.1, 0.15) is 5.25 Å². The maximum atomic E-state index is 12.9. The molecule has 3 rings (SSSR count). The van der Waals surface area contributed by atoms with Crippen LogP contribution in [0.15, 0.2) is 47.5 Å². The first-order valence-electron chi connectivity index (χ1n) is 8.81. The van der Waals surface area contributed by atoms with Gasteiger partial charge in [0.15, 0.2) is 5.17 Å². The molecule has 0 saturated carbocycles. The molecule has 0 aromatic heterocycles. The minimum absolute atomic E-state index is 0.0573. The second kappa shape index (κ2) is 8.69. The highest BCUT2D eigenvalue weighted by Gasteiger charge is 2.41. The van der Waals surface area contributed by atoms with Crippen LogP contribution in [0.2, 0.25) is 5.02 Å². The molecule has 0 aliphatic carbocycles. The van der Waals surface area contributed by atoms with Gasteiger partial charge in [-0.3, -0.25) is 14.6 Å². The molecular weight excluding hydrogens is 439 g/mol. The van der Waals surface area contributed by atoms with Crippen molar-refractivity contribution < 1.29 is 22.8 Å². The number of halogens is 4. The Kier molecular flexibility index (Phi) is 6.42. The molecule has 1 saturated heterocycles. The van der Waals surface area contributed by atoms with Crippen LogP contribution in [0.5, 0.6) is 0 Å². The first-order valence-corrected chi connectivity index (χ1v) is 10.1. The number of anilines is 2. The van der Waals surface area contributed by atoms with Crippen molar-refractivity contribution in [3.05, 3.63) is 58.6 Å². The summed E-state index contributed by atoms with van der Waals surface area (Å²) >= 11 is 7.09. The lowest BCUT2D eigenvalue weighted by atomic mass is 10.2. The highest BCUT2D eigenvalue weighted by Crippen LogP contribution is 2.34. The van der Waals surface area contributed by atoms with E-state index in [-0.39, 0.29) is 23.2 Å². The van der Waals surface area contributed by atoms with Gasteiger partial charge in [0.05, 0.1) is 11.3 Å². The molecule has 2 aromatic rings. The average molecular weight is 456 g/mol. The Labute approximate surface area is 180 Å². The van der Waals surface area contributed by atoms with Crippen molar-refractivity contribution in [2.45, 2.75) is 24.8 Å². The number of imide groups is 1. The molecule has 0 bridgehead atoms. The Hall–Kier alpha value is -2.52. The molecule has 1 aliphatic heterocycles. The lowest BCUT2D eigenvalue weighted by Crippen LogP contribution is -2.31. The van der Waals surface area contributed by atoms with E-state index in [1.165, 1.54) is 19.2 Å². The summed E-state index contributed by atoms with van der Waals surface area (Å²) in [6.45, 7) is 1.81. The van der Waals surface area contributed by atoms with Gasteiger partial charge in [-0.2, -0.15) is 13.2 Å². The van der Waals surface area contributed by atoms with E-state index in [2.05, 4.69) is 10.3 Å². The van der Waals surface area contributed by atoms with Gasteiger partial charge in [-0.1, -0.05) is 35.5 Å². The van der Waals surface area contributed by atoms with Gasteiger partial charge in [-0.25, -0.2) is 4.90 Å². The van der Waals surface area contributed by atoms with Gasteiger partial charge < -0.3 is 5.32 Å². The average Bonchev–Trinajstić information content (AvgIpc) is 2.96. The van der Waals surface area contributed by atoms with Gasteiger partial charge in [0, 0.05) is 24.2 Å². The third kappa shape index (κ3) is 4.79. The summed E-state index contributed by atoms with van der Waals surface area (Å²) in [6, 6.07) is 9.56. The lowest BCUT2D eigenvalue weighted by molar-refractivity contribution is -0.137. The summed E-state index contributed by atoms with van der Waals surface area (Å²) in [6.07, 6.45) is -4.53. The fourth-order valence-electron chi connectivity index (χ4n) is 2.86. The highest BCUT2D eigenvalue weighted by atomic mass is 35.5. The molecular formula is C20H17ClF3N3O2S. The number of rotatable bonds is 3. The Morgan fingerprint density at radius 3 is 2.60 bits per heavy atom. The zero-order valence-electron chi connectivity index (χ0n) is 16.0. The van der Waals surface area contributed by atoms with E-state index in [0.717, 1.165) is 34.4 Å². The molecule has 1 heterocycles. The van der Waals surface area contributed by atoms with Gasteiger partial charge in [-0.15, -0.1) is 0 Å². The molecule has 1 atom stereocenters. The highest BCUT2D eigenvalue weighted by molar-refractivity contribution is 8.15. The molecule has 1 aliphatic rings. The van der Waals surface area contributed by atoms with E-state index in [9.17, 15) is 22.8 Å². The zero-order chi connectivity index (χ0) is 22.1. The topological polar surface area (TPSA) is 61.8 Å². The number of hydrogen-bond donors (Lipinski definition) is 1. The normalized spacial score (nSPS) is 17.6. The number of aliphatic imine (C=N–C) groups is 1. The maximum Gasteiger partial charge on any atom is 0.416 e. The molecule has 0 spiro atoms. The van der Waals surface area contributed by atoms with Crippen LogP contribution in [0, 0.1) is 6.92 Å². The van der Waals surface area contributed by atoms with E-state index in [4.69, 9.17) is 11.6 Å². The molecule has 5 nitrogen and oxygen atoms in total. The number of amides is 2. The van der Waals surface area contributed by atoms with E-state index < -0.39 is 22.9 Å². The van der Waals surface area contributed by atoms with Crippen LogP contribution in [0.4, 0.5) is 24.5 Å². The predicted octanol–water partition coefficient (Wildman–Crippen LogP) is 5.13. The second-order valence-corrected chi connectivity index (χ2v) is 8.14. The van der Waals surface area contributed by atoms with E-state index in [1.54, 1.807) is 18.2 Å². The van der Waals surface area contributed by atoms with Crippen molar-refractivity contribution in [2.24, 2.45) is 4.99 Å². The van der Waals surface area contributed by atoms with Crippen LogP contribution in [-0.2, 0) is 15.8 Å². The lowest BCUT2D eigenvalue weighted by Gasteiger charge is -2.16.